The van der Waals surface area contributed by atoms with E-state index in [1.807, 2.05) is 31.2 Å². The number of carbonyl (C=O) groups excluding carboxylic acids is 2. The number of hydrogen-bond acceptors (Lipinski definition) is 5. The van der Waals surface area contributed by atoms with Crippen molar-refractivity contribution in [2.75, 3.05) is 6.54 Å². The Kier molecular flexibility index (Phi) is 3.65. The monoisotopic (exact) mass is 332 g/mol. The van der Waals surface area contributed by atoms with Crippen LogP contribution in [0.4, 0.5) is 0 Å². The Hall–Kier alpha value is -3.28. The first kappa shape index (κ1) is 15.3. The van der Waals surface area contributed by atoms with Crippen LogP contribution in [0.1, 0.15) is 34.1 Å². The van der Waals surface area contributed by atoms with E-state index in [4.69, 9.17) is 0 Å². The second-order valence-corrected chi connectivity index (χ2v) is 5.84. The first-order valence-electron chi connectivity index (χ1n) is 8.19. The lowest BCUT2D eigenvalue weighted by atomic mass is 9.90. The highest BCUT2D eigenvalue weighted by Gasteiger charge is 2.34. The summed E-state index contributed by atoms with van der Waals surface area (Å²) in [5, 5.41) is 11.4. The summed E-state index contributed by atoms with van der Waals surface area (Å²) in [6, 6.07) is 14.2. The number of aromatic nitrogens is 3. The summed E-state index contributed by atoms with van der Waals surface area (Å²) in [7, 11) is 0. The predicted molar refractivity (Wildman–Crippen MR) is 94.1 cm³/mol. The number of para-hydroxylation sites is 1. The van der Waals surface area contributed by atoms with Gasteiger partial charge in [0.2, 0.25) is 11.6 Å². The van der Waals surface area contributed by atoms with Crippen molar-refractivity contribution in [3.8, 4) is 0 Å². The van der Waals surface area contributed by atoms with E-state index in [1.54, 1.807) is 24.3 Å². The lowest BCUT2D eigenvalue weighted by Crippen LogP contribution is -2.32. The molecule has 0 saturated heterocycles. The van der Waals surface area contributed by atoms with Gasteiger partial charge in [-0.15, -0.1) is 5.10 Å². The van der Waals surface area contributed by atoms with Gasteiger partial charge < -0.3 is 5.32 Å². The molecule has 3 aromatic rings. The van der Waals surface area contributed by atoms with Crippen molar-refractivity contribution in [2.24, 2.45) is 0 Å². The van der Waals surface area contributed by atoms with Crippen LogP contribution in [0.25, 0.3) is 16.7 Å². The summed E-state index contributed by atoms with van der Waals surface area (Å²) in [6.07, 6.45) is 0.831. The van der Waals surface area contributed by atoms with Gasteiger partial charge in [-0.3, -0.25) is 9.59 Å². The minimum atomic E-state index is -0.232. The molecule has 0 amide bonds. The van der Waals surface area contributed by atoms with E-state index < -0.39 is 0 Å². The number of ketones is 2. The predicted octanol–water partition coefficient (Wildman–Crippen LogP) is 2.68. The first-order chi connectivity index (χ1) is 12.2. The number of Topliss-reactive ketones (excluding diaryl/α,β-unsaturated/α-hetero) is 2. The first-order valence-corrected chi connectivity index (χ1v) is 8.19. The van der Waals surface area contributed by atoms with Gasteiger partial charge >= 0.3 is 0 Å². The number of carbonyl (C=O) groups is 2. The summed E-state index contributed by atoms with van der Waals surface area (Å²) in [4.78, 5) is 26.1. The maximum atomic E-state index is 13.1. The van der Waals surface area contributed by atoms with Crippen molar-refractivity contribution in [1.29, 1.82) is 0 Å². The van der Waals surface area contributed by atoms with E-state index >= 15 is 0 Å². The molecule has 0 saturated carbocycles. The molecule has 0 spiro atoms. The van der Waals surface area contributed by atoms with Gasteiger partial charge in [-0.1, -0.05) is 48.5 Å². The number of benzene rings is 2. The molecule has 1 heterocycles. The minimum absolute atomic E-state index is 0.196. The van der Waals surface area contributed by atoms with E-state index in [0.717, 1.165) is 6.42 Å². The molecule has 2 aromatic carbocycles. The Labute approximate surface area is 144 Å². The Morgan fingerprint density at radius 1 is 0.960 bits per heavy atom. The van der Waals surface area contributed by atoms with Gasteiger partial charge in [-0.2, -0.15) is 0 Å². The van der Waals surface area contributed by atoms with Crippen LogP contribution in [0.3, 0.4) is 0 Å². The fraction of sp³-hybridized carbons (Fsp3) is 0.158. The van der Waals surface area contributed by atoms with Crippen LogP contribution in [0, 0.1) is 0 Å². The molecule has 25 heavy (non-hydrogen) atoms. The highest BCUT2D eigenvalue weighted by Crippen LogP contribution is 2.29. The number of allylic oxidation sites excluding steroid dienone is 2. The molecule has 0 radical (unpaired) electrons. The molecule has 1 aliphatic carbocycles. The molecule has 0 fully saturated rings. The Bertz CT molecular complexity index is 1030. The van der Waals surface area contributed by atoms with Crippen molar-refractivity contribution in [2.45, 2.75) is 13.3 Å². The number of rotatable bonds is 4. The molecule has 1 N–H and O–H groups in total. The largest absolute Gasteiger partial charge is 0.380 e. The fourth-order valence-electron chi connectivity index (χ4n) is 3.01. The SMILES string of the molecule is CCCNC1=C(n2nnc3ccccc32)C(=O)c2ccccc2C1=O. The van der Waals surface area contributed by atoms with E-state index in [0.29, 0.717) is 28.7 Å². The molecule has 0 unspecified atom stereocenters. The smallest absolute Gasteiger partial charge is 0.214 e. The lowest BCUT2D eigenvalue weighted by Gasteiger charge is -2.21. The zero-order valence-corrected chi connectivity index (χ0v) is 13.7. The van der Waals surface area contributed by atoms with E-state index in [9.17, 15) is 9.59 Å². The molecule has 4 rings (SSSR count). The highest BCUT2D eigenvalue weighted by atomic mass is 16.1. The van der Waals surface area contributed by atoms with Crippen LogP contribution >= 0.6 is 0 Å². The quantitative estimate of drug-likeness (QED) is 0.795. The van der Waals surface area contributed by atoms with Gasteiger partial charge in [0.25, 0.3) is 0 Å². The average Bonchev–Trinajstić information content (AvgIpc) is 3.07. The van der Waals surface area contributed by atoms with Gasteiger partial charge in [0.05, 0.1) is 5.52 Å². The van der Waals surface area contributed by atoms with Crippen LogP contribution in [0.2, 0.25) is 0 Å². The molecular weight excluding hydrogens is 316 g/mol. The van der Waals surface area contributed by atoms with Crippen molar-refractivity contribution in [3.63, 3.8) is 0 Å². The second kappa shape index (κ2) is 5.98. The van der Waals surface area contributed by atoms with E-state index in [1.165, 1.54) is 4.68 Å². The molecule has 6 nitrogen and oxygen atoms in total. The molecule has 0 atom stereocenters. The number of nitrogens with one attached hydrogen (secondary N) is 1. The van der Waals surface area contributed by atoms with Crippen molar-refractivity contribution in [1.82, 2.24) is 20.3 Å². The third kappa shape index (κ3) is 2.34. The van der Waals surface area contributed by atoms with Crippen LogP contribution in [-0.4, -0.2) is 33.1 Å². The zero-order chi connectivity index (χ0) is 17.4. The van der Waals surface area contributed by atoms with Crippen molar-refractivity contribution in [3.05, 3.63) is 65.4 Å². The van der Waals surface area contributed by atoms with Crippen LogP contribution in [0.15, 0.2) is 54.2 Å². The normalized spacial score (nSPS) is 14.1. The Morgan fingerprint density at radius 2 is 1.64 bits per heavy atom. The molecular formula is C19H16N4O2. The van der Waals surface area contributed by atoms with E-state index in [-0.39, 0.29) is 23.0 Å². The van der Waals surface area contributed by atoms with E-state index in [2.05, 4.69) is 15.6 Å². The summed E-state index contributed by atoms with van der Waals surface area (Å²) >= 11 is 0. The summed E-state index contributed by atoms with van der Waals surface area (Å²) < 4.78 is 1.46. The van der Waals surface area contributed by atoms with Crippen LogP contribution in [-0.2, 0) is 0 Å². The maximum absolute atomic E-state index is 13.1. The van der Waals surface area contributed by atoms with Crippen molar-refractivity contribution >= 4 is 28.3 Å². The zero-order valence-electron chi connectivity index (χ0n) is 13.7. The number of fused-ring (bicyclic) bond motifs is 2. The molecule has 1 aliphatic rings. The summed E-state index contributed by atoms with van der Waals surface area (Å²) in [6.45, 7) is 2.59. The Morgan fingerprint density at radius 3 is 2.40 bits per heavy atom. The summed E-state index contributed by atoms with van der Waals surface area (Å²) in [5.41, 5.74) is 2.67. The number of hydrogen-bond donors (Lipinski definition) is 1. The third-order valence-electron chi connectivity index (χ3n) is 4.21. The number of nitrogens with zero attached hydrogens (tertiary/aromatic N) is 3. The topological polar surface area (TPSA) is 76.9 Å². The average molecular weight is 332 g/mol. The summed E-state index contributed by atoms with van der Waals surface area (Å²) in [5.74, 6) is -0.428. The van der Waals surface area contributed by atoms with Gasteiger partial charge in [0, 0.05) is 17.7 Å². The highest BCUT2D eigenvalue weighted by molar-refractivity contribution is 6.37. The molecule has 1 aromatic heterocycles. The Balaban J connectivity index is 1.98. The third-order valence-corrected chi connectivity index (χ3v) is 4.21. The van der Waals surface area contributed by atoms with Gasteiger partial charge in [0.15, 0.2) is 0 Å². The molecule has 0 bridgehead atoms. The van der Waals surface area contributed by atoms with Gasteiger partial charge in [-0.05, 0) is 18.6 Å². The minimum Gasteiger partial charge on any atom is -0.380 e. The van der Waals surface area contributed by atoms with Crippen LogP contribution < -0.4 is 5.32 Å². The molecule has 124 valence electrons. The second-order valence-electron chi connectivity index (χ2n) is 5.84. The van der Waals surface area contributed by atoms with Crippen LogP contribution in [0.5, 0.6) is 0 Å². The van der Waals surface area contributed by atoms with Gasteiger partial charge in [-0.25, -0.2) is 4.68 Å². The maximum Gasteiger partial charge on any atom is 0.214 e. The molecule has 0 aliphatic heterocycles. The van der Waals surface area contributed by atoms with Crippen molar-refractivity contribution < 1.29 is 9.59 Å². The lowest BCUT2D eigenvalue weighted by molar-refractivity contribution is 0.0981. The fourth-order valence-corrected chi connectivity index (χ4v) is 3.01. The van der Waals surface area contributed by atoms with Gasteiger partial charge in [0.1, 0.15) is 16.9 Å². The standard InChI is InChI=1S/C19H16N4O2/c1-2-11-20-16-17(23-15-10-6-5-9-14(15)21-22-23)19(25)13-8-4-3-7-12(13)18(16)24/h3-10,20H,2,11H2,1H3. The molecule has 6 heteroatoms.